The van der Waals surface area contributed by atoms with Gasteiger partial charge in [0.15, 0.2) is 0 Å². The van der Waals surface area contributed by atoms with Crippen LogP contribution < -0.4 is 0 Å². The predicted octanol–water partition coefficient (Wildman–Crippen LogP) is 6.72. The minimum absolute atomic E-state index is 0.0443. The molecule has 0 aromatic heterocycles. The fourth-order valence-electron chi connectivity index (χ4n) is 9.42. The zero-order valence-corrected chi connectivity index (χ0v) is 22.5. The number of esters is 1. The number of carbonyl (C=O) groups is 1. The lowest BCUT2D eigenvalue weighted by Gasteiger charge is -2.72. The summed E-state index contributed by atoms with van der Waals surface area (Å²) in [6, 6.07) is 0. The minimum Gasteiger partial charge on any atom is -0.462 e. The summed E-state index contributed by atoms with van der Waals surface area (Å²) >= 11 is 0. The second kappa shape index (κ2) is 8.24. The summed E-state index contributed by atoms with van der Waals surface area (Å²) in [5.41, 5.74) is -0.116. The zero-order chi connectivity index (χ0) is 24.5. The molecule has 4 nitrogen and oxygen atoms in total. The molecule has 2 aliphatic heterocycles. The molecule has 6 aliphatic rings. The smallest absolute Gasteiger partial charge is 0.302 e. The molecule has 0 aromatic rings. The van der Waals surface area contributed by atoms with E-state index in [1.807, 2.05) is 0 Å². The summed E-state index contributed by atoms with van der Waals surface area (Å²) in [5, 5.41) is 0. The molecule has 4 aliphatic carbocycles. The lowest BCUT2D eigenvalue weighted by atomic mass is 9.40. The fraction of sp³-hybridized carbons (Fsp3) is 0.900. The third kappa shape index (κ3) is 3.36. The van der Waals surface area contributed by atoms with Crippen LogP contribution >= 0.6 is 0 Å². The van der Waals surface area contributed by atoms with Gasteiger partial charge in [-0.05, 0) is 80.5 Å². The van der Waals surface area contributed by atoms with Crippen LogP contribution in [0.15, 0.2) is 0 Å². The van der Waals surface area contributed by atoms with Crippen LogP contribution in [0, 0.1) is 58.2 Å². The first-order valence-electron chi connectivity index (χ1n) is 14.0. The van der Waals surface area contributed by atoms with Crippen molar-refractivity contribution in [3.63, 3.8) is 0 Å². The Bertz CT molecular complexity index is 874. The number of rotatable bonds is 3. The lowest BCUT2D eigenvalue weighted by molar-refractivity contribution is -0.536. The van der Waals surface area contributed by atoms with Gasteiger partial charge in [0.1, 0.15) is 17.3 Å². The van der Waals surface area contributed by atoms with Crippen molar-refractivity contribution >= 4 is 5.97 Å². The number of carbonyl (C=O) groups excluding carboxylic acids is 1. The molecule has 2 saturated heterocycles. The lowest BCUT2D eigenvalue weighted by Crippen LogP contribution is -2.75. The van der Waals surface area contributed by atoms with E-state index >= 15 is 0 Å². The van der Waals surface area contributed by atoms with E-state index in [1.165, 1.54) is 32.6 Å². The van der Waals surface area contributed by atoms with E-state index in [1.54, 1.807) is 0 Å². The van der Waals surface area contributed by atoms with E-state index in [9.17, 15) is 4.79 Å². The van der Waals surface area contributed by atoms with E-state index in [-0.39, 0.29) is 34.1 Å². The van der Waals surface area contributed by atoms with Crippen LogP contribution in [-0.4, -0.2) is 23.3 Å². The van der Waals surface area contributed by atoms with Gasteiger partial charge < -0.3 is 4.74 Å². The second-order valence-corrected chi connectivity index (χ2v) is 13.5. The maximum atomic E-state index is 11.6. The highest BCUT2D eigenvalue weighted by molar-refractivity contribution is 5.66. The molecule has 2 heterocycles. The standard InChI is InChI=1S/C30H46O4/c1-19(2)20(3)8-9-21(4)24-10-11-25-27(24,6)14-13-26-28(7)15-12-23(32-22(5)31)18-29(28)16-17-30(25,26)34-33-29/h19-21,23-26H,10-18H2,1-7H3. The third-order valence-electron chi connectivity index (χ3n) is 11.7. The average Bonchev–Trinajstić information content (AvgIpc) is 3.14. The molecule has 2 bridgehead atoms. The van der Waals surface area contributed by atoms with Gasteiger partial charge >= 0.3 is 5.97 Å². The van der Waals surface area contributed by atoms with Crippen LogP contribution in [0.4, 0.5) is 0 Å². The van der Waals surface area contributed by atoms with Gasteiger partial charge in [0.2, 0.25) is 0 Å². The van der Waals surface area contributed by atoms with Crippen LogP contribution in [0.2, 0.25) is 0 Å². The summed E-state index contributed by atoms with van der Waals surface area (Å²) in [5.74, 6) is 10.3. The Hall–Kier alpha value is -1.05. The largest absolute Gasteiger partial charge is 0.462 e. The maximum absolute atomic E-state index is 11.6. The van der Waals surface area contributed by atoms with E-state index in [0.717, 1.165) is 32.1 Å². The molecule has 0 amide bonds. The molecule has 0 aromatic carbocycles. The summed E-state index contributed by atoms with van der Waals surface area (Å²) < 4.78 is 5.66. The zero-order valence-electron chi connectivity index (χ0n) is 22.5. The van der Waals surface area contributed by atoms with Gasteiger partial charge in [-0.15, -0.1) is 0 Å². The first-order valence-corrected chi connectivity index (χ1v) is 14.0. The summed E-state index contributed by atoms with van der Waals surface area (Å²) in [6.07, 6.45) is 9.80. The molecule has 10 unspecified atom stereocenters. The highest BCUT2D eigenvalue weighted by Gasteiger charge is 2.76. The molecule has 34 heavy (non-hydrogen) atoms. The van der Waals surface area contributed by atoms with E-state index in [2.05, 4.69) is 53.4 Å². The quantitative estimate of drug-likeness (QED) is 0.261. The molecule has 0 radical (unpaired) electrons. The van der Waals surface area contributed by atoms with Crippen molar-refractivity contribution in [2.24, 2.45) is 46.3 Å². The Kier molecular flexibility index (Phi) is 5.97. The van der Waals surface area contributed by atoms with Crippen LogP contribution in [0.25, 0.3) is 0 Å². The molecule has 190 valence electrons. The van der Waals surface area contributed by atoms with E-state index in [4.69, 9.17) is 14.5 Å². The topological polar surface area (TPSA) is 44.8 Å². The fourth-order valence-corrected chi connectivity index (χ4v) is 9.42. The average molecular weight is 471 g/mol. The van der Waals surface area contributed by atoms with Crippen molar-refractivity contribution in [2.75, 3.05) is 0 Å². The molecule has 0 N–H and O–H groups in total. The Labute approximate surface area is 207 Å². The Morgan fingerprint density at radius 1 is 0.912 bits per heavy atom. The predicted molar refractivity (Wildman–Crippen MR) is 132 cm³/mol. The summed E-state index contributed by atoms with van der Waals surface area (Å²) in [7, 11) is 0. The third-order valence-corrected chi connectivity index (χ3v) is 11.7. The SMILES string of the molecule is CC(=O)OC1CCC2(C)C3CCC4(C)C(C(C)C#CC(C)C(C)C)CCC4C34CCC2(C1)OO4. The number of hydrogen-bond donors (Lipinski definition) is 0. The first kappa shape index (κ1) is 24.6. The molecule has 6 fully saturated rings. The van der Waals surface area contributed by atoms with Gasteiger partial charge in [0.25, 0.3) is 0 Å². The molecule has 4 saturated carbocycles. The molecule has 6 rings (SSSR count). The van der Waals surface area contributed by atoms with Crippen molar-refractivity contribution in [1.82, 2.24) is 0 Å². The summed E-state index contributed by atoms with van der Waals surface area (Å²) in [4.78, 5) is 24.7. The number of ether oxygens (including phenoxy) is 1. The Morgan fingerprint density at radius 2 is 1.68 bits per heavy atom. The monoisotopic (exact) mass is 470 g/mol. The van der Waals surface area contributed by atoms with E-state index in [0.29, 0.717) is 35.5 Å². The van der Waals surface area contributed by atoms with E-state index < -0.39 is 0 Å². The number of hydrogen-bond acceptors (Lipinski definition) is 4. The van der Waals surface area contributed by atoms with Crippen LogP contribution in [0.3, 0.4) is 0 Å². The van der Waals surface area contributed by atoms with Crippen molar-refractivity contribution in [3.05, 3.63) is 0 Å². The molecule has 10 atom stereocenters. The van der Waals surface area contributed by atoms with Crippen molar-refractivity contribution in [1.29, 1.82) is 0 Å². The minimum atomic E-state index is -0.310. The molecular formula is C30H46O4. The van der Waals surface area contributed by atoms with Gasteiger partial charge in [-0.25, -0.2) is 9.78 Å². The van der Waals surface area contributed by atoms with Gasteiger partial charge in [-0.3, -0.25) is 4.79 Å². The van der Waals surface area contributed by atoms with Gasteiger partial charge in [0, 0.05) is 30.6 Å². The van der Waals surface area contributed by atoms with Crippen molar-refractivity contribution < 1.29 is 19.3 Å². The molecule has 2 spiro atoms. The number of fused-ring (bicyclic) bond motifs is 3. The maximum Gasteiger partial charge on any atom is 0.302 e. The van der Waals surface area contributed by atoms with Crippen molar-refractivity contribution in [2.45, 2.75) is 124 Å². The first-order chi connectivity index (χ1) is 16.0. The van der Waals surface area contributed by atoms with Gasteiger partial charge in [0.05, 0.1) is 0 Å². The Morgan fingerprint density at radius 3 is 2.32 bits per heavy atom. The molecular weight excluding hydrogens is 424 g/mol. The van der Waals surface area contributed by atoms with Gasteiger partial charge in [-0.2, -0.15) is 0 Å². The van der Waals surface area contributed by atoms with Crippen LogP contribution in [-0.2, 0) is 19.3 Å². The van der Waals surface area contributed by atoms with Crippen LogP contribution in [0.1, 0.15) is 106 Å². The van der Waals surface area contributed by atoms with Crippen molar-refractivity contribution in [3.8, 4) is 11.8 Å². The highest BCUT2D eigenvalue weighted by atomic mass is 17.2. The van der Waals surface area contributed by atoms with Gasteiger partial charge in [-0.1, -0.05) is 53.4 Å². The molecule has 4 heteroatoms. The van der Waals surface area contributed by atoms with Crippen LogP contribution in [0.5, 0.6) is 0 Å². The highest BCUT2D eigenvalue weighted by Crippen LogP contribution is 2.74. The summed E-state index contributed by atoms with van der Waals surface area (Å²) in [6.45, 7) is 15.7. The Balaban J connectivity index is 1.40. The second-order valence-electron chi connectivity index (χ2n) is 13.5. The normalized spacial score (nSPS) is 48.7.